The summed E-state index contributed by atoms with van der Waals surface area (Å²) in [6.45, 7) is 1.58. The lowest BCUT2D eigenvalue weighted by Crippen LogP contribution is -3.04. The van der Waals surface area contributed by atoms with Gasteiger partial charge in [0.15, 0.2) is 5.70 Å². The summed E-state index contributed by atoms with van der Waals surface area (Å²) < 4.78 is 0. The molecule has 2 atom stereocenters. The predicted molar refractivity (Wildman–Crippen MR) is 59.7 cm³/mol. The molecule has 0 radical (unpaired) electrons. The van der Waals surface area contributed by atoms with E-state index in [0.717, 1.165) is 5.56 Å². The van der Waals surface area contributed by atoms with Gasteiger partial charge in [-0.1, -0.05) is 30.3 Å². The molecular weight excluding hydrogens is 222 g/mol. The van der Waals surface area contributed by atoms with Crippen LogP contribution in [0.3, 0.4) is 0 Å². The minimum absolute atomic E-state index is 0.163. The number of quaternary nitrogens is 1. The molecule has 90 valence electrons. The van der Waals surface area contributed by atoms with Crippen molar-refractivity contribution in [3.8, 4) is 0 Å². The third kappa shape index (κ3) is 2.28. The Labute approximate surface area is 98.1 Å². The SMILES string of the molecule is CC1=C([NH+]([O-])O)[C@H](c2ccccc2)NC(=O)N1. The fourth-order valence-electron chi connectivity index (χ4n) is 1.87. The highest BCUT2D eigenvalue weighted by Crippen LogP contribution is 2.21. The predicted octanol–water partition coefficient (Wildman–Crippen LogP) is 0.0439. The van der Waals surface area contributed by atoms with Crippen LogP contribution >= 0.6 is 0 Å². The van der Waals surface area contributed by atoms with Crippen molar-refractivity contribution in [2.45, 2.75) is 13.0 Å². The fourth-order valence-corrected chi connectivity index (χ4v) is 1.87. The first-order valence-electron chi connectivity index (χ1n) is 5.16. The number of rotatable bonds is 2. The van der Waals surface area contributed by atoms with Crippen LogP contribution in [0.25, 0.3) is 0 Å². The van der Waals surface area contributed by atoms with E-state index in [1.54, 1.807) is 31.2 Å². The number of hydrogen-bond acceptors (Lipinski definition) is 3. The molecule has 2 rings (SSSR count). The van der Waals surface area contributed by atoms with Gasteiger partial charge in [-0.2, -0.15) is 5.23 Å². The lowest BCUT2D eigenvalue weighted by molar-refractivity contribution is -1.02. The quantitative estimate of drug-likeness (QED) is 0.546. The average Bonchev–Trinajstić information content (AvgIpc) is 2.28. The van der Waals surface area contributed by atoms with Crippen LogP contribution in [-0.4, -0.2) is 11.2 Å². The molecule has 0 saturated carbocycles. The maximum Gasteiger partial charge on any atom is 0.320 e. The molecule has 0 saturated heterocycles. The minimum Gasteiger partial charge on any atom is -0.595 e. The van der Waals surface area contributed by atoms with E-state index in [4.69, 9.17) is 0 Å². The van der Waals surface area contributed by atoms with Crippen LogP contribution in [-0.2, 0) is 0 Å². The second kappa shape index (κ2) is 4.54. The molecule has 17 heavy (non-hydrogen) atoms. The standard InChI is InChI=1S/C11H13N3O3/c1-7-10(14(16)17)9(13-11(15)12-7)8-5-3-2-4-6-8/h2-6,9,14,16H,1H3,(H2,12,13,15)/t9-/m0/s1. The molecule has 1 heterocycles. The molecule has 0 spiro atoms. The molecule has 1 aromatic rings. The molecule has 0 aliphatic carbocycles. The topological polar surface area (TPSA) is 88.9 Å². The zero-order valence-corrected chi connectivity index (χ0v) is 9.23. The molecule has 0 bridgehead atoms. The smallest absolute Gasteiger partial charge is 0.320 e. The second-order valence-corrected chi connectivity index (χ2v) is 3.79. The first-order chi connectivity index (χ1) is 8.09. The summed E-state index contributed by atoms with van der Waals surface area (Å²) in [4.78, 5) is 11.4. The number of hydroxylamine groups is 2. The monoisotopic (exact) mass is 235 g/mol. The number of allylic oxidation sites excluding steroid dienone is 1. The molecule has 1 unspecified atom stereocenters. The van der Waals surface area contributed by atoms with Gasteiger partial charge < -0.3 is 15.8 Å². The number of amides is 2. The van der Waals surface area contributed by atoms with Crippen molar-refractivity contribution in [1.29, 1.82) is 0 Å². The number of nitrogens with one attached hydrogen (secondary N) is 3. The lowest BCUT2D eigenvalue weighted by atomic mass is 10.0. The number of hydrogen-bond donors (Lipinski definition) is 4. The largest absolute Gasteiger partial charge is 0.595 e. The van der Waals surface area contributed by atoms with Crippen molar-refractivity contribution < 1.29 is 15.2 Å². The van der Waals surface area contributed by atoms with Crippen molar-refractivity contribution >= 4 is 6.03 Å². The first-order valence-corrected chi connectivity index (χ1v) is 5.16. The Morgan fingerprint density at radius 2 is 2.00 bits per heavy atom. The van der Waals surface area contributed by atoms with Crippen LogP contribution in [0.15, 0.2) is 41.7 Å². The van der Waals surface area contributed by atoms with Crippen LogP contribution in [0, 0.1) is 5.21 Å². The van der Waals surface area contributed by atoms with Crippen molar-refractivity contribution in [1.82, 2.24) is 10.6 Å². The molecular formula is C11H13N3O3. The van der Waals surface area contributed by atoms with Crippen molar-refractivity contribution in [2.75, 3.05) is 0 Å². The summed E-state index contributed by atoms with van der Waals surface area (Å²) in [5.74, 6) is 0. The van der Waals surface area contributed by atoms with Gasteiger partial charge in [0.1, 0.15) is 6.04 Å². The third-order valence-electron chi connectivity index (χ3n) is 2.63. The van der Waals surface area contributed by atoms with Gasteiger partial charge in [0.2, 0.25) is 0 Å². The van der Waals surface area contributed by atoms with Gasteiger partial charge in [-0.15, -0.1) is 0 Å². The zero-order chi connectivity index (χ0) is 12.4. The van der Waals surface area contributed by atoms with Gasteiger partial charge in [-0.25, -0.2) is 10.0 Å². The maximum atomic E-state index is 11.4. The van der Waals surface area contributed by atoms with E-state index in [1.165, 1.54) is 0 Å². The van der Waals surface area contributed by atoms with Gasteiger partial charge in [-0.3, -0.25) is 0 Å². The van der Waals surface area contributed by atoms with E-state index in [0.29, 0.717) is 5.70 Å². The van der Waals surface area contributed by atoms with Crippen molar-refractivity contribution in [3.63, 3.8) is 0 Å². The molecule has 1 aliphatic heterocycles. The number of benzene rings is 1. The Balaban J connectivity index is 2.44. The molecule has 1 aliphatic rings. The normalized spacial score (nSPS) is 21.8. The summed E-state index contributed by atoms with van der Waals surface area (Å²) in [5.41, 5.74) is 1.28. The van der Waals surface area contributed by atoms with E-state index >= 15 is 0 Å². The highest BCUT2D eigenvalue weighted by molar-refractivity contribution is 5.78. The van der Waals surface area contributed by atoms with E-state index in [1.807, 2.05) is 6.07 Å². The van der Waals surface area contributed by atoms with Crippen LogP contribution in [0.2, 0.25) is 0 Å². The summed E-state index contributed by atoms with van der Waals surface area (Å²) >= 11 is 0. The zero-order valence-electron chi connectivity index (χ0n) is 9.23. The van der Waals surface area contributed by atoms with Crippen molar-refractivity contribution in [2.24, 2.45) is 0 Å². The summed E-state index contributed by atoms with van der Waals surface area (Å²) in [7, 11) is 0. The highest BCUT2D eigenvalue weighted by Gasteiger charge is 2.31. The summed E-state index contributed by atoms with van der Waals surface area (Å²) in [6, 6.07) is 8.02. The van der Waals surface area contributed by atoms with Crippen LogP contribution in [0.4, 0.5) is 4.79 Å². The first kappa shape index (κ1) is 11.6. The highest BCUT2D eigenvalue weighted by atomic mass is 16.8. The average molecular weight is 235 g/mol. The van der Waals surface area contributed by atoms with Crippen LogP contribution < -0.4 is 15.9 Å². The molecule has 0 fully saturated rings. The Morgan fingerprint density at radius 3 is 2.59 bits per heavy atom. The Bertz CT molecular complexity index is 456. The van der Waals surface area contributed by atoms with Crippen LogP contribution in [0.5, 0.6) is 0 Å². The number of carbonyl (C=O) groups is 1. The van der Waals surface area contributed by atoms with Gasteiger partial charge in [0, 0.05) is 0 Å². The molecule has 1 aromatic carbocycles. The van der Waals surface area contributed by atoms with E-state index in [2.05, 4.69) is 10.6 Å². The van der Waals surface area contributed by atoms with Gasteiger partial charge >= 0.3 is 6.03 Å². The van der Waals surface area contributed by atoms with E-state index < -0.39 is 11.3 Å². The minimum atomic E-state index is -1.04. The lowest BCUT2D eigenvalue weighted by Gasteiger charge is -2.30. The number of carbonyl (C=O) groups excluding carboxylic acids is 1. The molecule has 2 amide bonds. The van der Waals surface area contributed by atoms with Gasteiger partial charge in [0.25, 0.3) is 0 Å². The van der Waals surface area contributed by atoms with Crippen LogP contribution in [0.1, 0.15) is 18.5 Å². The van der Waals surface area contributed by atoms with Gasteiger partial charge in [0.05, 0.1) is 5.70 Å². The fraction of sp³-hybridized carbons (Fsp3) is 0.182. The van der Waals surface area contributed by atoms with E-state index in [-0.39, 0.29) is 11.7 Å². The summed E-state index contributed by atoms with van der Waals surface area (Å²) in [6.07, 6.45) is 0. The van der Waals surface area contributed by atoms with E-state index in [9.17, 15) is 15.2 Å². The Kier molecular flexibility index (Phi) is 3.10. The van der Waals surface area contributed by atoms with Gasteiger partial charge in [-0.05, 0) is 12.5 Å². The Hall–Kier alpha value is -1.89. The molecule has 6 heteroatoms. The van der Waals surface area contributed by atoms with Crippen molar-refractivity contribution in [3.05, 3.63) is 52.5 Å². The maximum absolute atomic E-state index is 11.4. The Morgan fingerprint density at radius 1 is 1.35 bits per heavy atom. The third-order valence-corrected chi connectivity index (χ3v) is 2.63. The summed E-state index contributed by atoms with van der Waals surface area (Å²) in [5, 5.41) is 24.4. The molecule has 0 aromatic heterocycles. The number of urea groups is 1. The molecule has 4 N–H and O–H groups in total. The second-order valence-electron chi connectivity index (χ2n) is 3.79. The molecule has 6 nitrogen and oxygen atoms in total.